The number of benzene rings is 2. The molecule has 11 heteroatoms. The van der Waals surface area contributed by atoms with Gasteiger partial charge in [0.1, 0.15) is 24.1 Å². The highest BCUT2D eigenvalue weighted by Gasteiger charge is 2.47. The SMILES string of the molecule is CC(CCCN(C)C(=O)[C@H]1OC(O)[C@H](O)[C@@H](O)[C@@H]1O)c1ccc(Cl)c(CNC2(c3cnccc3-c3ccccc3OC3CC3)CC2)c1. The lowest BCUT2D eigenvalue weighted by Gasteiger charge is -2.38. The van der Waals surface area contributed by atoms with Crippen molar-refractivity contribution in [2.45, 2.75) is 100 Å². The molecule has 252 valence electrons. The largest absolute Gasteiger partial charge is 0.490 e. The molecule has 6 rings (SSSR count). The highest BCUT2D eigenvalue weighted by Crippen LogP contribution is 2.50. The normalized spacial score (nSPS) is 25.6. The second-order valence-corrected chi connectivity index (χ2v) is 13.7. The minimum Gasteiger partial charge on any atom is -0.490 e. The first kappa shape index (κ1) is 33.8. The number of aliphatic hydroxyl groups excluding tert-OH is 4. The zero-order valence-electron chi connectivity index (χ0n) is 26.8. The molecule has 1 amide bonds. The van der Waals surface area contributed by atoms with Gasteiger partial charge < -0.3 is 40.1 Å². The molecule has 2 aromatic carbocycles. The lowest BCUT2D eigenvalue weighted by molar-refractivity contribution is -0.277. The number of nitrogens with zero attached hydrogens (tertiary/aromatic N) is 2. The number of rotatable bonds is 13. The van der Waals surface area contributed by atoms with Crippen molar-refractivity contribution < 1.29 is 34.7 Å². The van der Waals surface area contributed by atoms with Gasteiger partial charge in [0.05, 0.1) is 6.10 Å². The van der Waals surface area contributed by atoms with Crippen molar-refractivity contribution in [3.63, 3.8) is 0 Å². The molecule has 2 heterocycles. The van der Waals surface area contributed by atoms with E-state index < -0.39 is 36.6 Å². The van der Waals surface area contributed by atoms with Crippen molar-refractivity contribution in [3.8, 4) is 16.9 Å². The maximum atomic E-state index is 12.9. The zero-order chi connectivity index (χ0) is 33.3. The number of halogens is 1. The highest BCUT2D eigenvalue weighted by molar-refractivity contribution is 6.31. The van der Waals surface area contributed by atoms with E-state index in [1.165, 1.54) is 4.90 Å². The zero-order valence-corrected chi connectivity index (χ0v) is 27.5. The average Bonchev–Trinajstić information content (AvgIpc) is 4.02. The maximum Gasteiger partial charge on any atom is 0.254 e. The number of likely N-dealkylation sites (N-methyl/N-ethyl adjacent to an activating group) is 1. The summed E-state index contributed by atoms with van der Waals surface area (Å²) in [6.45, 7) is 3.12. The Labute approximate surface area is 280 Å². The topological polar surface area (TPSA) is 145 Å². The smallest absolute Gasteiger partial charge is 0.254 e. The van der Waals surface area contributed by atoms with E-state index in [0.717, 1.165) is 65.7 Å². The van der Waals surface area contributed by atoms with Crippen LogP contribution in [-0.2, 0) is 21.6 Å². The van der Waals surface area contributed by atoms with Crippen molar-refractivity contribution >= 4 is 17.5 Å². The number of carbonyl (C=O) groups is 1. The number of nitrogens with one attached hydrogen (secondary N) is 1. The van der Waals surface area contributed by atoms with E-state index in [0.29, 0.717) is 30.6 Å². The summed E-state index contributed by atoms with van der Waals surface area (Å²) in [5.74, 6) is 0.531. The molecule has 2 unspecified atom stereocenters. The lowest BCUT2D eigenvalue weighted by atomic mass is 9.93. The van der Waals surface area contributed by atoms with Crippen LogP contribution in [0.5, 0.6) is 5.75 Å². The minimum atomic E-state index is -1.76. The third kappa shape index (κ3) is 7.49. The predicted molar refractivity (Wildman–Crippen MR) is 177 cm³/mol. The molecule has 1 saturated heterocycles. The van der Waals surface area contributed by atoms with Gasteiger partial charge in [-0.25, -0.2) is 0 Å². The second kappa shape index (κ2) is 14.2. The molecule has 10 nitrogen and oxygen atoms in total. The molecule has 3 aliphatic rings. The van der Waals surface area contributed by atoms with Crippen LogP contribution in [0.3, 0.4) is 0 Å². The van der Waals surface area contributed by atoms with Crippen LogP contribution >= 0.6 is 11.6 Å². The quantitative estimate of drug-likeness (QED) is 0.184. The molecule has 3 fully saturated rings. The molecular formula is C36H44ClN3O7. The number of aliphatic hydroxyl groups is 4. The van der Waals surface area contributed by atoms with Crippen molar-refractivity contribution in [1.29, 1.82) is 0 Å². The number of hydrogen-bond donors (Lipinski definition) is 5. The Hall–Kier alpha value is -3.09. The lowest BCUT2D eigenvalue weighted by Crippen LogP contribution is -2.61. The highest BCUT2D eigenvalue weighted by atomic mass is 35.5. The first-order valence-corrected chi connectivity index (χ1v) is 16.8. The second-order valence-electron chi connectivity index (χ2n) is 13.2. The minimum absolute atomic E-state index is 0.188. The maximum absolute atomic E-state index is 12.9. The summed E-state index contributed by atoms with van der Waals surface area (Å²) in [6, 6.07) is 16.4. The van der Waals surface area contributed by atoms with Gasteiger partial charge in [0.2, 0.25) is 0 Å². The van der Waals surface area contributed by atoms with Gasteiger partial charge in [-0.2, -0.15) is 0 Å². The summed E-state index contributed by atoms with van der Waals surface area (Å²) in [6.07, 6.45) is 1.56. The monoisotopic (exact) mass is 665 g/mol. The van der Waals surface area contributed by atoms with Gasteiger partial charge in [-0.1, -0.05) is 48.9 Å². The summed E-state index contributed by atoms with van der Waals surface area (Å²) < 4.78 is 11.3. The molecule has 0 spiro atoms. The average molecular weight is 666 g/mol. The summed E-state index contributed by atoms with van der Waals surface area (Å²) >= 11 is 6.70. The Morgan fingerprint density at radius 1 is 1.09 bits per heavy atom. The number of carbonyl (C=O) groups excluding carboxylic acids is 1. The molecule has 6 atom stereocenters. The number of ether oxygens (including phenoxy) is 2. The fourth-order valence-electron chi connectivity index (χ4n) is 6.33. The Bertz CT molecular complexity index is 1570. The fourth-order valence-corrected chi connectivity index (χ4v) is 6.51. The fraction of sp³-hybridized carbons (Fsp3) is 0.500. The Kier molecular flexibility index (Phi) is 10.2. The first-order chi connectivity index (χ1) is 22.6. The molecule has 2 aliphatic carbocycles. The third-order valence-corrected chi connectivity index (χ3v) is 10.0. The molecule has 2 saturated carbocycles. The van der Waals surface area contributed by atoms with Crippen LogP contribution < -0.4 is 10.1 Å². The Balaban J connectivity index is 1.07. The summed E-state index contributed by atoms with van der Waals surface area (Å²) in [7, 11) is 1.58. The van der Waals surface area contributed by atoms with Gasteiger partial charge in [0.25, 0.3) is 5.91 Å². The van der Waals surface area contributed by atoms with Gasteiger partial charge in [0.15, 0.2) is 12.4 Å². The van der Waals surface area contributed by atoms with E-state index in [9.17, 15) is 25.2 Å². The van der Waals surface area contributed by atoms with E-state index in [1.807, 2.05) is 42.7 Å². The van der Waals surface area contributed by atoms with Crippen LogP contribution in [0, 0.1) is 0 Å². The van der Waals surface area contributed by atoms with Crippen molar-refractivity contribution in [2.24, 2.45) is 0 Å². The number of para-hydroxylation sites is 1. The number of amides is 1. The number of aromatic nitrogens is 1. The van der Waals surface area contributed by atoms with Gasteiger partial charge in [-0.15, -0.1) is 0 Å². The molecule has 3 aromatic rings. The van der Waals surface area contributed by atoms with Gasteiger partial charge in [-0.3, -0.25) is 9.78 Å². The Morgan fingerprint density at radius 3 is 2.60 bits per heavy atom. The van der Waals surface area contributed by atoms with E-state index in [2.05, 4.69) is 35.4 Å². The van der Waals surface area contributed by atoms with Gasteiger partial charge in [0, 0.05) is 48.7 Å². The molecule has 0 bridgehead atoms. The molecule has 0 radical (unpaired) electrons. The molecular weight excluding hydrogens is 622 g/mol. The van der Waals surface area contributed by atoms with Crippen LogP contribution in [0.1, 0.15) is 68.1 Å². The van der Waals surface area contributed by atoms with Crippen LogP contribution in [0.4, 0.5) is 0 Å². The van der Waals surface area contributed by atoms with E-state index in [1.54, 1.807) is 7.05 Å². The van der Waals surface area contributed by atoms with E-state index >= 15 is 0 Å². The number of hydrogen-bond acceptors (Lipinski definition) is 9. The van der Waals surface area contributed by atoms with E-state index in [-0.39, 0.29) is 11.5 Å². The van der Waals surface area contributed by atoms with Crippen molar-refractivity contribution in [2.75, 3.05) is 13.6 Å². The standard InChI is InChI=1S/C36H44ClN3O7/c1-21(6-5-17-40(2)34(44)33-31(42)30(41)32(43)35(45)47-33)22-9-12-28(37)23(18-22)19-39-36(14-15-36)27-20-38-16-13-25(27)26-7-3-4-8-29(26)46-24-10-11-24/h3-4,7-9,12-13,16,18,20-21,24,30-33,35,39,41-43,45H,5-6,10-11,14-15,17,19H2,1-2H3/t21?,30-,31-,32+,33-,35?/m0/s1. The van der Waals surface area contributed by atoms with Crippen LogP contribution in [0.25, 0.3) is 11.1 Å². The molecule has 47 heavy (non-hydrogen) atoms. The molecule has 1 aromatic heterocycles. The molecule has 1 aliphatic heterocycles. The van der Waals surface area contributed by atoms with Crippen molar-refractivity contribution in [3.05, 3.63) is 82.6 Å². The van der Waals surface area contributed by atoms with Crippen LogP contribution in [0.15, 0.2) is 60.9 Å². The summed E-state index contributed by atoms with van der Waals surface area (Å²) in [5.41, 5.74) is 5.34. The summed E-state index contributed by atoms with van der Waals surface area (Å²) in [4.78, 5) is 18.8. The van der Waals surface area contributed by atoms with Crippen molar-refractivity contribution in [1.82, 2.24) is 15.2 Å². The van der Waals surface area contributed by atoms with Gasteiger partial charge in [-0.05, 0) is 84.9 Å². The Morgan fingerprint density at radius 2 is 1.85 bits per heavy atom. The van der Waals surface area contributed by atoms with E-state index in [4.69, 9.17) is 21.1 Å². The third-order valence-electron chi connectivity index (χ3n) is 9.68. The number of pyridine rings is 1. The van der Waals surface area contributed by atoms with Crippen LogP contribution in [0.2, 0.25) is 5.02 Å². The first-order valence-electron chi connectivity index (χ1n) is 16.4. The summed E-state index contributed by atoms with van der Waals surface area (Å²) in [5, 5.41) is 44.1. The van der Waals surface area contributed by atoms with Crippen LogP contribution in [-0.4, -0.2) is 86.6 Å². The predicted octanol–water partition coefficient (Wildman–Crippen LogP) is 3.86. The molecule has 5 N–H and O–H groups in total. The van der Waals surface area contributed by atoms with Gasteiger partial charge >= 0.3 is 0 Å².